The summed E-state index contributed by atoms with van der Waals surface area (Å²) in [5, 5.41) is 9.85. The molecule has 2 aromatic heterocycles. The van der Waals surface area contributed by atoms with Gasteiger partial charge in [-0.15, -0.1) is 0 Å². The highest BCUT2D eigenvalue weighted by atomic mass is 16.6. The van der Waals surface area contributed by atoms with E-state index in [1.165, 1.54) is 16.8 Å². The van der Waals surface area contributed by atoms with Crippen molar-refractivity contribution in [1.29, 1.82) is 0 Å². The van der Waals surface area contributed by atoms with Crippen molar-refractivity contribution in [3.63, 3.8) is 0 Å². The van der Waals surface area contributed by atoms with Crippen molar-refractivity contribution in [2.45, 2.75) is 59.1 Å². The number of ketones is 1. The van der Waals surface area contributed by atoms with Crippen LogP contribution in [0.25, 0.3) is 5.65 Å². The van der Waals surface area contributed by atoms with Crippen LogP contribution in [0, 0.1) is 6.92 Å². The van der Waals surface area contributed by atoms with Crippen molar-refractivity contribution in [2.24, 2.45) is 0 Å². The van der Waals surface area contributed by atoms with Gasteiger partial charge in [-0.25, -0.2) is 14.3 Å². The van der Waals surface area contributed by atoms with E-state index in [4.69, 9.17) is 4.74 Å². The zero-order chi connectivity index (χ0) is 23.9. The molecule has 0 saturated carbocycles. The second-order valence-corrected chi connectivity index (χ2v) is 9.18. The number of amides is 2. The molecule has 172 valence electrons. The lowest BCUT2D eigenvalue weighted by Crippen LogP contribution is -2.30. The third-order valence-corrected chi connectivity index (χ3v) is 5.60. The highest BCUT2D eigenvalue weighted by molar-refractivity contribution is 5.97. The predicted octanol–water partition coefficient (Wildman–Crippen LogP) is 4.00. The van der Waals surface area contributed by atoms with Gasteiger partial charge < -0.3 is 10.1 Å². The molecule has 0 spiro atoms. The quantitative estimate of drug-likeness (QED) is 0.582. The summed E-state index contributed by atoms with van der Waals surface area (Å²) in [6.07, 6.45) is 2.39. The molecule has 0 bridgehead atoms. The first-order valence-electron chi connectivity index (χ1n) is 10.8. The summed E-state index contributed by atoms with van der Waals surface area (Å²) >= 11 is 0. The molecule has 33 heavy (non-hydrogen) atoms. The van der Waals surface area contributed by atoms with E-state index in [9.17, 15) is 14.4 Å². The van der Waals surface area contributed by atoms with Gasteiger partial charge in [0.1, 0.15) is 17.1 Å². The molecule has 0 aliphatic heterocycles. The Kier molecular flexibility index (Phi) is 5.65. The van der Waals surface area contributed by atoms with Crippen molar-refractivity contribution >= 4 is 29.2 Å². The molecule has 1 aromatic carbocycles. The van der Waals surface area contributed by atoms with Gasteiger partial charge in [0.2, 0.25) is 0 Å². The Balaban J connectivity index is 1.60. The molecule has 4 rings (SSSR count). The van der Waals surface area contributed by atoms with E-state index in [-0.39, 0.29) is 29.2 Å². The van der Waals surface area contributed by atoms with E-state index in [1.54, 1.807) is 33.8 Å². The maximum Gasteiger partial charge on any atom is 0.413 e. The van der Waals surface area contributed by atoms with Crippen LogP contribution in [0.5, 0.6) is 0 Å². The van der Waals surface area contributed by atoms with Gasteiger partial charge in [0.25, 0.3) is 5.91 Å². The number of fused-ring (bicyclic) bond motifs is 2. The molecule has 1 atom stereocenters. The minimum absolute atomic E-state index is 0.0330. The fourth-order valence-electron chi connectivity index (χ4n) is 4.19. The summed E-state index contributed by atoms with van der Waals surface area (Å²) < 4.78 is 6.71. The average molecular weight is 450 g/mol. The summed E-state index contributed by atoms with van der Waals surface area (Å²) in [6.45, 7) is 8.80. The van der Waals surface area contributed by atoms with Crippen LogP contribution in [0.1, 0.15) is 77.7 Å². The Morgan fingerprint density at radius 2 is 1.94 bits per heavy atom. The van der Waals surface area contributed by atoms with Crippen molar-refractivity contribution in [3.8, 4) is 0 Å². The number of hydrogen-bond acceptors (Lipinski definition) is 6. The van der Waals surface area contributed by atoms with Crippen LogP contribution in [-0.2, 0) is 11.2 Å². The normalized spacial score (nSPS) is 15.2. The van der Waals surface area contributed by atoms with E-state index in [0.29, 0.717) is 11.2 Å². The number of carbonyl (C=O) groups excluding carboxylic acids is 3. The molecule has 9 heteroatoms. The molecule has 9 nitrogen and oxygen atoms in total. The fourth-order valence-corrected chi connectivity index (χ4v) is 4.19. The number of nitrogens with zero attached hydrogens (tertiary/aromatic N) is 3. The third kappa shape index (κ3) is 4.57. The van der Waals surface area contributed by atoms with E-state index in [2.05, 4.69) is 20.7 Å². The molecule has 0 fully saturated rings. The van der Waals surface area contributed by atoms with Crippen LogP contribution in [0.4, 0.5) is 10.6 Å². The Morgan fingerprint density at radius 1 is 1.18 bits per heavy atom. The summed E-state index contributed by atoms with van der Waals surface area (Å²) in [5.41, 5.74) is 3.80. The molecule has 1 aliphatic rings. The summed E-state index contributed by atoms with van der Waals surface area (Å²) in [4.78, 5) is 41.6. The lowest BCUT2D eigenvalue weighted by Gasteiger charge is -2.20. The SMILES string of the molecule is CC(=O)c1ccc2c(c1C)CC[C@@H]2NC(=O)c1cc(NC(=O)OC(C)(C)C)nc2ccnn12. The highest BCUT2D eigenvalue weighted by Gasteiger charge is 2.28. The Labute approximate surface area is 191 Å². The Morgan fingerprint density at radius 3 is 2.64 bits per heavy atom. The van der Waals surface area contributed by atoms with Crippen molar-refractivity contribution in [2.75, 3.05) is 5.32 Å². The summed E-state index contributed by atoms with van der Waals surface area (Å²) in [5.74, 6) is -0.119. The van der Waals surface area contributed by atoms with E-state index in [1.807, 2.05) is 19.1 Å². The fraction of sp³-hybridized carbons (Fsp3) is 0.375. The van der Waals surface area contributed by atoms with Crippen LogP contribution in [-0.4, -0.2) is 38.0 Å². The van der Waals surface area contributed by atoms with Crippen LogP contribution < -0.4 is 10.6 Å². The Hall–Kier alpha value is -3.75. The van der Waals surface area contributed by atoms with Gasteiger partial charge in [-0.1, -0.05) is 12.1 Å². The van der Waals surface area contributed by atoms with Gasteiger partial charge in [0.15, 0.2) is 11.4 Å². The zero-order valence-corrected chi connectivity index (χ0v) is 19.4. The number of nitrogens with one attached hydrogen (secondary N) is 2. The number of aromatic nitrogens is 3. The minimum Gasteiger partial charge on any atom is -0.444 e. The molecule has 2 heterocycles. The smallest absolute Gasteiger partial charge is 0.413 e. The van der Waals surface area contributed by atoms with Gasteiger partial charge in [0, 0.05) is 17.7 Å². The highest BCUT2D eigenvalue weighted by Crippen LogP contribution is 2.35. The molecule has 0 unspecified atom stereocenters. The van der Waals surface area contributed by atoms with E-state index >= 15 is 0 Å². The zero-order valence-electron chi connectivity index (χ0n) is 19.4. The van der Waals surface area contributed by atoms with Gasteiger partial charge in [-0.2, -0.15) is 5.10 Å². The Bertz CT molecular complexity index is 1270. The monoisotopic (exact) mass is 449 g/mol. The number of Topliss-reactive ketones (excluding diaryl/α,β-unsaturated/α-hetero) is 1. The number of anilines is 1. The average Bonchev–Trinajstić information content (AvgIpc) is 3.33. The van der Waals surface area contributed by atoms with Gasteiger partial charge in [-0.05, 0) is 64.2 Å². The first kappa shape index (κ1) is 22.4. The molecule has 2 N–H and O–H groups in total. The molecule has 0 radical (unpaired) electrons. The topological polar surface area (TPSA) is 115 Å². The summed E-state index contributed by atoms with van der Waals surface area (Å²) in [7, 11) is 0. The summed E-state index contributed by atoms with van der Waals surface area (Å²) in [6, 6.07) is 6.67. The second-order valence-electron chi connectivity index (χ2n) is 9.18. The third-order valence-electron chi connectivity index (χ3n) is 5.60. The van der Waals surface area contributed by atoms with Crippen molar-refractivity contribution in [3.05, 3.63) is 58.4 Å². The largest absolute Gasteiger partial charge is 0.444 e. The standard InChI is InChI=1S/C24H27N5O4/c1-13-15(14(2)30)6-7-17-16(13)8-9-18(17)26-22(31)19-12-20(27-21-10-11-25-29(19)21)28-23(32)33-24(3,4)5/h6-7,10-12,18H,8-9H2,1-5H3,(H,26,31)(H,27,28,32)/t18-/m0/s1. The number of rotatable bonds is 4. The minimum atomic E-state index is -0.665. The van der Waals surface area contributed by atoms with Crippen LogP contribution in [0.3, 0.4) is 0 Å². The number of hydrogen-bond donors (Lipinski definition) is 2. The molecule has 2 amide bonds. The maximum atomic E-state index is 13.3. The maximum absolute atomic E-state index is 13.3. The molecule has 0 saturated heterocycles. The molecular weight excluding hydrogens is 422 g/mol. The van der Waals surface area contributed by atoms with E-state index in [0.717, 1.165) is 29.5 Å². The van der Waals surface area contributed by atoms with Crippen LogP contribution in [0.2, 0.25) is 0 Å². The lowest BCUT2D eigenvalue weighted by molar-refractivity contribution is 0.0634. The molecular formula is C24H27N5O4. The van der Waals surface area contributed by atoms with Crippen LogP contribution >= 0.6 is 0 Å². The number of benzene rings is 1. The predicted molar refractivity (Wildman–Crippen MR) is 123 cm³/mol. The van der Waals surface area contributed by atoms with Gasteiger partial charge in [-0.3, -0.25) is 14.9 Å². The second kappa shape index (κ2) is 8.31. The first-order chi connectivity index (χ1) is 15.5. The first-order valence-corrected chi connectivity index (χ1v) is 10.8. The van der Waals surface area contributed by atoms with Crippen molar-refractivity contribution in [1.82, 2.24) is 19.9 Å². The van der Waals surface area contributed by atoms with Crippen LogP contribution in [0.15, 0.2) is 30.5 Å². The van der Waals surface area contributed by atoms with Gasteiger partial charge >= 0.3 is 6.09 Å². The van der Waals surface area contributed by atoms with Gasteiger partial charge in [0.05, 0.1) is 12.2 Å². The lowest BCUT2D eigenvalue weighted by atomic mass is 9.96. The van der Waals surface area contributed by atoms with Crippen molar-refractivity contribution < 1.29 is 19.1 Å². The molecule has 3 aromatic rings. The molecule has 1 aliphatic carbocycles. The van der Waals surface area contributed by atoms with E-state index < -0.39 is 11.7 Å². The number of carbonyl (C=O) groups is 3. The number of ether oxygens (including phenoxy) is 1.